The molecule has 6 heteroatoms. The maximum Gasteiger partial charge on any atom is 0.287 e. The summed E-state index contributed by atoms with van der Waals surface area (Å²) in [6.45, 7) is 0. The van der Waals surface area contributed by atoms with Crippen molar-refractivity contribution in [3.63, 3.8) is 0 Å². The number of rotatable bonds is 3. The Bertz CT molecular complexity index is 809. The van der Waals surface area contributed by atoms with Crippen LogP contribution in [0, 0.1) is 0 Å². The SMILES string of the molecule is O=C(N[C@H]1CCCc2c1cnn2-c1ccncc1)c1ccco1. The standard InChI is InChI=1S/C17H16N4O2/c22-17(16-5-2-10-23-16)20-14-3-1-4-15-13(14)11-19-21(15)12-6-8-18-9-7-12/h2,5-11,14H,1,3-4H2,(H,20,22)/t14-/m0/s1. The fraction of sp³-hybridized carbons (Fsp3) is 0.235. The maximum absolute atomic E-state index is 12.2. The third-order valence-corrected chi connectivity index (χ3v) is 4.14. The molecular weight excluding hydrogens is 292 g/mol. The highest BCUT2D eigenvalue weighted by atomic mass is 16.3. The molecular formula is C17H16N4O2. The number of aromatic nitrogens is 3. The van der Waals surface area contributed by atoms with Crippen LogP contribution >= 0.6 is 0 Å². The number of hydrogen-bond acceptors (Lipinski definition) is 4. The molecule has 6 nitrogen and oxygen atoms in total. The molecule has 0 radical (unpaired) electrons. The minimum Gasteiger partial charge on any atom is -0.459 e. The third-order valence-electron chi connectivity index (χ3n) is 4.14. The van der Waals surface area contributed by atoms with Gasteiger partial charge in [0.25, 0.3) is 5.91 Å². The molecule has 3 heterocycles. The van der Waals surface area contributed by atoms with E-state index in [1.807, 2.05) is 23.0 Å². The molecule has 0 aliphatic heterocycles. The Labute approximate surface area is 133 Å². The average Bonchev–Trinajstić information content (AvgIpc) is 3.26. The van der Waals surface area contributed by atoms with Gasteiger partial charge in [0.1, 0.15) is 0 Å². The average molecular weight is 308 g/mol. The number of fused-ring (bicyclic) bond motifs is 1. The first kappa shape index (κ1) is 13.8. The van der Waals surface area contributed by atoms with Crippen LogP contribution in [0.15, 0.2) is 53.5 Å². The fourth-order valence-corrected chi connectivity index (χ4v) is 3.05. The van der Waals surface area contributed by atoms with Crippen LogP contribution < -0.4 is 5.32 Å². The van der Waals surface area contributed by atoms with Gasteiger partial charge in [0.15, 0.2) is 5.76 Å². The molecule has 116 valence electrons. The highest BCUT2D eigenvalue weighted by Crippen LogP contribution is 2.31. The van der Waals surface area contributed by atoms with Crippen molar-refractivity contribution < 1.29 is 9.21 Å². The second-order valence-electron chi connectivity index (χ2n) is 5.56. The summed E-state index contributed by atoms with van der Waals surface area (Å²) in [5.41, 5.74) is 3.21. The Morgan fingerprint density at radius 2 is 2.17 bits per heavy atom. The molecule has 1 aliphatic carbocycles. The quantitative estimate of drug-likeness (QED) is 0.807. The number of furan rings is 1. The molecule has 3 aromatic rings. The van der Waals surface area contributed by atoms with Crippen molar-refractivity contribution in [1.82, 2.24) is 20.1 Å². The van der Waals surface area contributed by atoms with Gasteiger partial charge in [-0.1, -0.05) is 0 Å². The Kier molecular flexibility index (Phi) is 3.42. The number of nitrogens with zero attached hydrogens (tertiary/aromatic N) is 3. The van der Waals surface area contributed by atoms with Crippen molar-refractivity contribution in [3.05, 3.63) is 66.1 Å². The van der Waals surface area contributed by atoms with Crippen LogP contribution in [0.1, 0.15) is 40.7 Å². The summed E-state index contributed by atoms with van der Waals surface area (Å²) in [5.74, 6) is 0.142. The number of nitrogens with one attached hydrogen (secondary N) is 1. The van der Waals surface area contributed by atoms with Gasteiger partial charge in [-0.3, -0.25) is 9.78 Å². The van der Waals surface area contributed by atoms with Gasteiger partial charge >= 0.3 is 0 Å². The smallest absolute Gasteiger partial charge is 0.287 e. The van der Waals surface area contributed by atoms with Crippen LogP contribution in [0.4, 0.5) is 0 Å². The van der Waals surface area contributed by atoms with E-state index in [-0.39, 0.29) is 11.9 Å². The van der Waals surface area contributed by atoms with Crippen molar-refractivity contribution >= 4 is 5.91 Å². The van der Waals surface area contributed by atoms with Gasteiger partial charge in [0, 0.05) is 23.7 Å². The van der Waals surface area contributed by atoms with Gasteiger partial charge in [-0.05, 0) is 43.5 Å². The molecule has 4 rings (SSSR count). The molecule has 1 aliphatic rings. The van der Waals surface area contributed by atoms with E-state index >= 15 is 0 Å². The topological polar surface area (TPSA) is 73.0 Å². The normalized spacial score (nSPS) is 16.8. The van der Waals surface area contributed by atoms with E-state index in [0.717, 1.165) is 36.2 Å². The number of amides is 1. The highest BCUT2D eigenvalue weighted by molar-refractivity contribution is 5.91. The lowest BCUT2D eigenvalue weighted by Gasteiger charge is -2.23. The van der Waals surface area contributed by atoms with Crippen LogP contribution in [0.2, 0.25) is 0 Å². The molecule has 1 atom stereocenters. The van der Waals surface area contributed by atoms with Crippen molar-refractivity contribution in [2.75, 3.05) is 0 Å². The highest BCUT2D eigenvalue weighted by Gasteiger charge is 2.26. The van der Waals surface area contributed by atoms with Crippen molar-refractivity contribution in [2.24, 2.45) is 0 Å². The van der Waals surface area contributed by atoms with Crippen molar-refractivity contribution in [3.8, 4) is 5.69 Å². The summed E-state index contributed by atoms with van der Waals surface area (Å²) in [4.78, 5) is 16.3. The zero-order chi connectivity index (χ0) is 15.6. The van der Waals surface area contributed by atoms with Crippen LogP contribution in [0.25, 0.3) is 5.69 Å². The number of carbonyl (C=O) groups is 1. The second kappa shape index (κ2) is 5.72. The predicted molar refractivity (Wildman–Crippen MR) is 83.2 cm³/mol. The molecule has 0 saturated carbocycles. The Morgan fingerprint density at radius 1 is 1.30 bits per heavy atom. The van der Waals surface area contributed by atoms with Gasteiger partial charge in [0.2, 0.25) is 0 Å². The molecule has 0 fully saturated rings. The number of hydrogen-bond donors (Lipinski definition) is 1. The van der Waals surface area contributed by atoms with E-state index in [0.29, 0.717) is 5.76 Å². The fourth-order valence-electron chi connectivity index (χ4n) is 3.05. The molecule has 0 unspecified atom stereocenters. The zero-order valence-corrected chi connectivity index (χ0v) is 12.5. The molecule has 0 aromatic carbocycles. The third kappa shape index (κ3) is 2.52. The zero-order valence-electron chi connectivity index (χ0n) is 12.5. The predicted octanol–water partition coefficient (Wildman–Crippen LogP) is 2.67. The molecule has 0 spiro atoms. The van der Waals surface area contributed by atoms with Crippen LogP contribution in [-0.2, 0) is 6.42 Å². The lowest BCUT2D eigenvalue weighted by molar-refractivity contribution is 0.0904. The number of carbonyl (C=O) groups excluding carboxylic acids is 1. The van der Waals surface area contributed by atoms with E-state index in [1.165, 1.54) is 6.26 Å². The minimum absolute atomic E-state index is 0.0352. The van der Waals surface area contributed by atoms with E-state index < -0.39 is 0 Å². The molecule has 0 bridgehead atoms. The summed E-state index contributed by atoms with van der Waals surface area (Å²) >= 11 is 0. The number of pyridine rings is 1. The van der Waals surface area contributed by atoms with E-state index in [1.54, 1.807) is 24.5 Å². The van der Waals surface area contributed by atoms with Crippen molar-refractivity contribution in [1.29, 1.82) is 0 Å². The summed E-state index contributed by atoms with van der Waals surface area (Å²) in [5, 5.41) is 7.55. The van der Waals surface area contributed by atoms with E-state index in [2.05, 4.69) is 15.4 Å². The summed E-state index contributed by atoms with van der Waals surface area (Å²) in [7, 11) is 0. The molecule has 0 saturated heterocycles. The first-order chi connectivity index (χ1) is 11.3. The van der Waals surface area contributed by atoms with Gasteiger partial charge < -0.3 is 9.73 Å². The Hall–Kier alpha value is -2.89. The Balaban J connectivity index is 1.62. The van der Waals surface area contributed by atoms with Gasteiger partial charge in [-0.25, -0.2) is 4.68 Å². The maximum atomic E-state index is 12.2. The first-order valence-corrected chi connectivity index (χ1v) is 7.64. The van der Waals surface area contributed by atoms with Gasteiger partial charge in [-0.2, -0.15) is 5.10 Å². The lowest BCUT2D eigenvalue weighted by atomic mass is 9.93. The van der Waals surface area contributed by atoms with Crippen LogP contribution in [0.3, 0.4) is 0 Å². The summed E-state index contributed by atoms with van der Waals surface area (Å²) < 4.78 is 7.09. The van der Waals surface area contributed by atoms with Crippen LogP contribution in [-0.4, -0.2) is 20.7 Å². The van der Waals surface area contributed by atoms with Gasteiger partial charge in [-0.15, -0.1) is 0 Å². The minimum atomic E-state index is -0.190. The molecule has 23 heavy (non-hydrogen) atoms. The van der Waals surface area contributed by atoms with Crippen molar-refractivity contribution in [2.45, 2.75) is 25.3 Å². The summed E-state index contributed by atoms with van der Waals surface area (Å²) in [6.07, 6.45) is 9.72. The largest absolute Gasteiger partial charge is 0.459 e. The summed E-state index contributed by atoms with van der Waals surface area (Å²) in [6, 6.07) is 7.20. The Morgan fingerprint density at radius 3 is 2.96 bits per heavy atom. The van der Waals surface area contributed by atoms with Gasteiger partial charge in [0.05, 0.1) is 24.2 Å². The van der Waals surface area contributed by atoms with Crippen LogP contribution in [0.5, 0.6) is 0 Å². The monoisotopic (exact) mass is 308 g/mol. The molecule has 3 aromatic heterocycles. The second-order valence-corrected chi connectivity index (χ2v) is 5.56. The molecule has 1 amide bonds. The van der Waals surface area contributed by atoms with E-state index in [9.17, 15) is 4.79 Å². The lowest BCUT2D eigenvalue weighted by Crippen LogP contribution is -2.30. The first-order valence-electron chi connectivity index (χ1n) is 7.64. The molecule has 1 N–H and O–H groups in total. The van der Waals surface area contributed by atoms with E-state index in [4.69, 9.17) is 4.42 Å².